The number of anilines is 2. The first kappa shape index (κ1) is 21.5. The first-order valence-electron chi connectivity index (χ1n) is 9.68. The lowest BCUT2D eigenvalue weighted by Gasteiger charge is -2.12. The van der Waals surface area contributed by atoms with Crippen LogP contribution < -0.4 is 20.1 Å². The van der Waals surface area contributed by atoms with Gasteiger partial charge in [-0.15, -0.1) is 0 Å². The number of methoxy groups -OCH3 is 2. The molecule has 164 valence electrons. The number of sulfone groups is 1. The van der Waals surface area contributed by atoms with Crippen LogP contribution in [0.25, 0.3) is 0 Å². The fourth-order valence-corrected chi connectivity index (χ4v) is 7.20. The molecule has 0 bridgehead atoms. The molecule has 2 aliphatic heterocycles. The fourth-order valence-electron chi connectivity index (χ4n) is 3.53. The van der Waals surface area contributed by atoms with Gasteiger partial charge in [-0.3, -0.25) is 9.79 Å². The Kier molecular flexibility index (Phi) is 6.10. The van der Waals surface area contributed by atoms with Crippen molar-refractivity contribution in [2.45, 2.75) is 17.7 Å². The van der Waals surface area contributed by atoms with E-state index in [0.717, 1.165) is 16.4 Å². The Morgan fingerprint density at radius 1 is 1.13 bits per heavy atom. The van der Waals surface area contributed by atoms with Crippen LogP contribution in [0.3, 0.4) is 0 Å². The number of amides is 1. The fraction of sp³-hybridized carbons (Fsp3) is 0.333. The summed E-state index contributed by atoms with van der Waals surface area (Å²) in [7, 11) is 0.149. The molecule has 4 rings (SSSR count). The lowest BCUT2D eigenvalue weighted by Crippen LogP contribution is -2.15. The van der Waals surface area contributed by atoms with Crippen molar-refractivity contribution in [1.82, 2.24) is 0 Å². The zero-order valence-electron chi connectivity index (χ0n) is 17.1. The van der Waals surface area contributed by atoms with Crippen LogP contribution in [-0.4, -0.2) is 56.5 Å². The Morgan fingerprint density at radius 3 is 2.58 bits per heavy atom. The average Bonchev–Trinajstić information content (AvgIpc) is 3.22. The molecule has 0 aliphatic carbocycles. The standard InChI is InChI=1S/C21H23N3O5S2/c1-28-15-7-8-16(18(10-15)29-2)23-20(25)9-13-3-5-14(6-4-13)22-21-24-17-11-31(26,27)12-19(17)30-21/h3-8,10,17,19H,9,11-12H2,1-2H3,(H,22,24)(H,23,25). The summed E-state index contributed by atoms with van der Waals surface area (Å²) in [6, 6.07) is 12.6. The molecule has 8 nitrogen and oxygen atoms in total. The lowest BCUT2D eigenvalue weighted by atomic mass is 10.1. The number of carbonyl (C=O) groups excluding carboxylic acids is 1. The topological polar surface area (TPSA) is 106 Å². The number of ether oxygens (including phenoxy) is 2. The van der Waals surface area contributed by atoms with Crippen molar-refractivity contribution in [1.29, 1.82) is 0 Å². The van der Waals surface area contributed by atoms with Gasteiger partial charge in [0.05, 0.1) is 43.9 Å². The van der Waals surface area contributed by atoms with E-state index in [4.69, 9.17) is 9.47 Å². The Bertz CT molecular complexity index is 1120. The van der Waals surface area contributed by atoms with Crippen LogP contribution in [-0.2, 0) is 21.1 Å². The van der Waals surface area contributed by atoms with E-state index in [1.54, 1.807) is 25.3 Å². The molecule has 0 spiro atoms. The second kappa shape index (κ2) is 8.80. The number of amidine groups is 1. The minimum atomic E-state index is -2.96. The molecule has 2 N–H and O–H groups in total. The third-order valence-electron chi connectivity index (χ3n) is 5.07. The summed E-state index contributed by atoms with van der Waals surface area (Å²) < 4.78 is 33.8. The van der Waals surface area contributed by atoms with Gasteiger partial charge in [-0.25, -0.2) is 8.42 Å². The minimum absolute atomic E-state index is 0.00501. The maximum Gasteiger partial charge on any atom is 0.228 e. The van der Waals surface area contributed by atoms with Crippen LogP contribution in [0.4, 0.5) is 11.4 Å². The number of rotatable bonds is 6. The number of thioether (sulfide) groups is 1. The molecule has 0 radical (unpaired) electrons. The molecule has 2 atom stereocenters. The van der Waals surface area contributed by atoms with Gasteiger partial charge in [-0.2, -0.15) is 0 Å². The molecular weight excluding hydrogens is 438 g/mol. The third kappa shape index (κ3) is 5.13. The summed E-state index contributed by atoms with van der Waals surface area (Å²) in [4.78, 5) is 16.9. The Morgan fingerprint density at radius 2 is 1.90 bits per heavy atom. The van der Waals surface area contributed by atoms with Gasteiger partial charge in [0.25, 0.3) is 0 Å². The van der Waals surface area contributed by atoms with E-state index in [1.807, 2.05) is 24.3 Å². The van der Waals surface area contributed by atoms with Crippen molar-refractivity contribution in [3.63, 3.8) is 0 Å². The molecule has 1 fully saturated rings. The monoisotopic (exact) mass is 461 g/mol. The van der Waals surface area contributed by atoms with Crippen molar-refractivity contribution < 1.29 is 22.7 Å². The number of aliphatic imine (C=N–C) groups is 1. The van der Waals surface area contributed by atoms with Gasteiger partial charge < -0.3 is 20.1 Å². The summed E-state index contributed by atoms with van der Waals surface area (Å²) in [5.74, 6) is 1.33. The number of nitrogens with zero attached hydrogens (tertiary/aromatic N) is 1. The highest BCUT2D eigenvalue weighted by Gasteiger charge is 2.42. The van der Waals surface area contributed by atoms with Crippen LogP contribution in [0.2, 0.25) is 0 Å². The number of hydrogen-bond acceptors (Lipinski definition) is 8. The maximum absolute atomic E-state index is 12.4. The quantitative estimate of drug-likeness (QED) is 0.681. The molecule has 31 heavy (non-hydrogen) atoms. The molecule has 2 unspecified atom stereocenters. The van der Waals surface area contributed by atoms with Crippen LogP contribution in [0, 0.1) is 0 Å². The van der Waals surface area contributed by atoms with Gasteiger partial charge in [-0.05, 0) is 29.8 Å². The van der Waals surface area contributed by atoms with Gasteiger partial charge >= 0.3 is 0 Å². The summed E-state index contributed by atoms with van der Waals surface area (Å²) in [5, 5.41) is 6.83. The van der Waals surface area contributed by atoms with E-state index in [2.05, 4.69) is 15.6 Å². The van der Waals surface area contributed by atoms with E-state index in [9.17, 15) is 13.2 Å². The van der Waals surface area contributed by atoms with Crippen LogP contribution in [0.15, 0.2) is 47.5 Å². The van der Waals surface area contributed by atoms with Crippen LogP contribution in [0.1, 0.15) is 5.56 Å². The Hall–Kier alpha value is -2.72. The molecule has 2 aliphatic rings. The molecule has 2 aromatic carbocycles. The summed E-state index contributed by atoms with van der Waals surface area (Å²) >= 11 is 1.48. The van der Waals surface area contributed by atoms with E-state index < -0.39 is 9.84 Å². The van der Waals surface area contributed by atoms with E-state index in [0.29, 0.717) is 17.2 Å². The van der Waals surface area contributed by atoms with E-state index in [1.165, 1.54) is 18.9 Å². The summed E-state index contributed by atoms with van der Waals surface area (Å²) in [6.45, 7) is 0. The number of carbonyl (C=O) groups is 1. The highest BCUT2D eigenvalue weighted by molar-refractivity contribution is 8.15. The minimum Gasteiger partial charge on any atom is -0.497 e. The number of fused-ring (bicyclic) bond motifs is 1. The zero-order chi connectivity index (χ0) is 22.0. The lowest BCUT2D eigenvalue weighted by molar-refractivity contribution is -0.115. The second-order valence-corrected chi connectivity index (χ2v) is 10.7. The number of nitrogens with one attached hydrogen (secondary N) is 2. The third-order valence-corrected chi connectivity index (χ3v) is 8.21. The largest absolute Gasteiger partial charge is 0.497 e. The molecule has 10 heteroatoms. The van der Waals surface area contributed by atoms with Crippen molar-refractivity contribution >= 4 is 44.0 Å². The van der Waals surface area contributed by atoms with Gasteiger partial charge in [0, 0.05) is 17.0 Å². The molecule has 1 amide bonds. The number of benzene rings is 2. The van der Waals surface area contributed by atoms with Crippen molar-refractivity contribution in [3.8, 4) is 11.5 Å². The molecule has 0 aromatic heterocycles. The normalized spacial score (nSPS) is 21.2. The smallest absolute Gasteiger partial charge is 0.228 e. The van der Waals surface area contributed by atoms with E-state index >= 15 is 0 Å². The molecular formula is C21H23N3O5S2. The number of hydrogen-bond donors (Lipinski definition) is 2. The highest BCUT2D eigenvalue weighted by atomic mass is 32.2. The van der Waals surface area contributed by atoms with Gasteiger partial charge in [0.15, 0.2) is 15.0 Å². The van der Waals surface area contributed by atoms with Gasteiger partial charge in [-0.1, -0.05) is 23.9 Å². The van der Waals surface area contributed by atoms with Crippen LogP contribution in [0.5, 0.6) is 11.5 Å². The Balaban J connectivity index is 1.33. The SMILES string of the molecule is COc1ccc(NC(=O)Cc2ccc(NC3=NC4CS(=O)(=O)CC4S3)cc2)c(OC)c1. The predicted octanol–water partition coefficient (Wildman–Crippen LogP) is 2.57. The van der Waals surface area contributed by atoms with Crippen molar-refractivity contribution in [2.24, 2.45) is 4.99 Å². The molecule has 2 heterocycles. The average molecular weight is 462 g/mol. The summed E-state index contributed by atoms with van der Waals surface area (Å²) in [6.07, 6.45) is 0.215. The zero-order valence-corrected chi connectivity index (χ0v) is 18.8. The Labute approximate surface area is 185 Å². The van der Waals surface area contributed by atoms with Crippen molar-refractivity contribution in [3.05, 3.63) is 48.0 Å². The molecule has 0 saturated carbocycles. The van der Waals surface area contributed by atoms with Gasteiger partial charge in [0.1, 0.15) is 11.5 Å². The second-order valence-electron chi connectivity index (χ2n) is 7.35. The first-order chi connectivity index (χ1) is 14.8. The van der Waals surface area contributed by atoms with Crippen LogP contribution >= 0.6 is 11.8 Å². The van der Waals surface area contributed by atoms with Crippen molar-refractivity contribution in [2.75, 3.05) is 36.4 Å². The van der Waals surface area contributed by atoms with Gasteiger partial charge in [0.2, 0.25) is 5.91 Å². The highest BCUT2D eigenvalue weighted by Crippen LogP contribution is 2.34. The maximum atomic E-state index is 12.4. The summed E-state index contributed by atoms with van der Waals surface area (Å²) in [5.41, 5.74) is 2.28. The van der Waals surface area contributed by atoms with E-state index in [-0.39, 0.29) is 35.1 Å². The predicted molar refractivity (Wildman–Crippen MR) is 123 cm³/mol. The molecule has 1 saturated heterocycles. The molecule has 2 aromatic rings. The first-order valence-corrected chi connectivity index (χ1v) is 12.4.